The van der Waals surface area contributed by atoms with Crippen LogP contribution in [-0.4, -0.2) is 9.55 Å². The molecule has 0 amide bonds. The molecule has 2 aromatic carbocycles. The Morgan fingerprint density at radius 2 is 1.71 bits per heavy atom. The first-order valence-corrected chi connectivity index (χ1v) is 7.43. The third-order valence-electron chi connectivity index (χ3n) is 3.81. The molecule has 6 heteroatoms. The molecule has 0 radical (unpaired) electrons. The molecule has 3 nitrogen and oxygen atoms in total. The molecule has 24 heavy (non-hydrogen) atoms. The van der Waals surface area contributed by atoms with E-state index in [-0.39, 0.29) is 12.1 Å². The largest absolute Gasteiger partial charge is 0.416 e. The zero-order valence-electron chi connectivity index (χ0n) is 12.8. The number of benzene rings is 2. The maximum atomic E-state index is 13.1. The Bertz CT molecular complexity index is 820. The molecule has 0 spiro atoms. The predicted octanol–water partition coefficient (Wildman–Crippen LogP) is 4.12. The van der Waals surface area contributed by atoms with Gasteiger partial charge in [0.1, 0.15) is 5.82 Å². The average molecular weight is 331 g/mol. The third-order valence-corrected chi connectivity index (χ3v) is 3.81. The van der Waals surface area contributed by atoms with Crippen LogP contribution in [0.3, 0.4) is 0 Å². The van der Waals surface area contributed by atoms with Crippen molar-refractivity contribution in [2.24, 2.45) is 0 Å². The van der Waals surface area contributed by atoms with Gasteiger partial charge in [0.15, 0.2) is 0 Å². The van der Waals surface area contributed by atoms with Crippen molar-refractivity contribution >= 4 is 5.69 Å². The van der Waals surface area contributed by atoms with Gasteiger partial charge in [0, 0.05) is 31.0 Å². The van der Waals surface area contributed by atoms with Gasteiger partial charge in [-0.1, -0.05) is 30.3 Å². The summed E-state index contributed by atoms with van der Waals surface area (Å²) >= 11 is 0. The predicted molar refractivity (Wildman–Crippen MR) is 86.4 cm³/mol. The smallest absolute Gasteiger partial charge is 0.399 e. The molecule has 0 aliphatic heterocycles. The third kappa shape index (κ3) is 3.59. The van der Waals surface area contributed by atoms with Gasteiger partial charge in [0.25, 0.3) is 0 Å². The lowest BCUT2D eigenvalue weighted by molar-refractivity contribution is -0.138. The Balaban J connectivity index is 1.85. The minimum absolute atomic E-state index is 0.125. The van der Waals surface area contributed by atoms with Crippen molar-refractivity contribution in [2.75, 3.05) is 5.73 Å². The minimum atomic E-state index is -4.37. The van der Waals surface area contributed by atoms with Crippen LogP contribution in [0.25, 0.3) is 0 Å². The van der Waals surface area contributed by atoms with E-state index in [4.69, 9.17) is 5.73 Å². The summed E-state index contributed by atoms with van der Waals surface area (Å²) < 4.78 is 41.1. The van der Waals surface area contributed by atoms with Crippen molar-refractivity contribution in [2.45, 2.75) is 19.1 Å². The van der Waals surface area contributed by atoms with Crippen LogP contribution in [-0.2, 0) is 19.1 Å². The van der Waals surface area contributed by atoms with Crippen molar-refractivity contribution in [3.63, 3.8) is 0 Å². The topological polar surface area (TPSA) is 43.8 Å². The average Bonchev–Trinajstić information content (AvgIpc) is 2.96. The van der Waals surface area contributed by atoms with Crippen LogP contribution in [0, 0.1) is 0 Å². The Hall–Kier alpha value is -2.76. The molecule has 0 bridgehead atoms. The number of hydrogen-bond acceptors (Lipinski definition) is 2. The lowest BCUT2D eigenvalue weighted by Crippen LogP contribution is -2.13. The van der Waals surface area contributed by atoms with Gasteiger partial charge in [-0.3, -0.25) is 0 Å². The molecular weight excluding hydrogens is 315 g/mol. The Labute approximate surface area is 137 Å². The highest BCUT2D eigenvalue weighted by Gasteiger charge is 2.32. The van der Waals surface area contributed by atoms with Gasteiger partial charge in [0.2, 0.25) is 0 Å². The molecule has 0 fully saturated rings. The van der Waals surface area contributed by atoms with Crippen molar-refractivity contribution in [1.82, 2.24) is 9.55 Å². The first kappa shape index (κ1) is 16.1. The van der Waals surface area contributed by atoms with Crippen LogP contribution in [0.2, 0.25) is 0 Å². The van der Waals surface area contributed by atoms with Crippen LogP contribution in [0.15, 0.2) is 60.9 Å². The fourth-order valence-corrected chi connectivity index (χ4v) is 2.59. The standard InChI is InChI=1S/C18H16F3N3/c19-18(20,21)16-4-2-1-3-14(16)12-24-10-9-23-17(24)11-13-5-7-15(22)8-6-13/h1-10H,11-12,22H2. The van der Waals surface area contributed by atoms with E-state index in [0.717, 1.165) is 11.6 Å². The highest BCUT2D eigenvalue weighted by Crippen LogP contribution is 2.32. The second-order valence-corrected chi connectivity index (χ2v) is 5.54. The summed E-state index contributed by atoms with van der Waals surface area (Å²) in [5, 5.41) is 0. The van der Waals surface area contributed by atoms with E-state index in [2.05, 4.69) is 4.98 Å². The second kappa shape index (κ2) is 6.39. The quantitative estimate of drug-likeness (QED) is 0.731. The number of rotatable bonds is 4. The van der Waals surface area contributed by atoms with E-state index in [1.54, 1.807) is 35.2 Å². The minimum Gasteiger partial charge on any atom is -0.399 e. The summed E-state index contributed by atoms with van der Waals surface area (Å²) in [4.78, 5) is 4.27. The van der Waals surface area contributed by atoms with E-state index in [1.807, 2.05) is 12.1 Å². The Kier molecular flexibility index (Phi) is 4.29. The fraction of sp³-hybridized carbons (Fsp3) is 0.167. The molecule has 0 saturated heterocycles. The summed E-state index contributed by atoms with van der Waals surface area (Å²) in [6.07, 6.45) is -0.543. The molecule has 3 rings (SSSR count). The number of aromatic nitrogens is 2. The van der Waals surface area contributed by atoms with E-state index in [9.17, 15) is 13.2 Å². The summed E-state index contributed by atoms with van der Waals surface area (Å²) in [5.74, 6) is 0.705. The van der Waals surface area contributed by atoms with Crippen molar-refractivity contribution in [3.05, 3.63) is 83.4 Å². The zero-order valence-corrected chi connectivity index (χ0v) is 12.8. The molecule has 124 valence electrons. The number of anilines is 1. The molecule has 0 aliphatic carbocycles. The van der Waals surface area contributed by atoms with E-state index in [1.165, 1.54) is 12.1 Å². The molecular formula is C18H16F3N3. The molecule has 1 aromatic heterocycles. The number of nitrogen functional groups attached to an aromatic ring is 1. The molecule has 0 unspecified atom stereocenters. The van der Waals surface area contributed by atoms with Crippen molar-refractivity contribution in [3.8, 4) is 0 Å². The molecule has 0 atom stereocenters. The highest BCUT2D eigenvalue weighted by atomic mass is 19.4. The van der Waals surface area contributed by atoms with Crippen LogP contribution >= 0.6 is 0 Å². The number of imidazole rings is 1. The van der Waals surface area contributed by atoms with Crippen LogP contribution in [0.4, 0.5) is 18.9 Å². The SMILES string of the molecule is Nc1ccc(Cc2nccn2Cc2ccccc2C(F)(F)F)cc1. The molecule has 3 aromatic rings. The van der Waals surface area contributed by atoms with E-state index >= 15 is 0 Å². The summed E-state index contributed by atoms with van der Waals surface area (Å²) in [7, 11) is 0. The maximum absolute atomic E-state index is 13.1. The summed E-state index contributed by atoms with van der Waals surface area (Å²) in [6.45, 7) is 0.125. The first-order chi connectivity index (χ1) is 11.4. The maximum Gasteiger partial charge on any atom is 0.416 e. The van der Waals surface area contributed by atoms with Crippen LogP contribution in [0.5, 0.6) is 0 Å². The van der Waals surface area contributed by atoms with Gasteiger partial charge in [-0.05, 0) is 29.3 Å². The van der Waals surface area contributed by atoms with Gasteiger partial charge in [-0.15, -0.1) is 0 Å². The number of alkyl halides is 3. The van der Waals surface area contributed by atoms with Crippen LogP contribution in [0.1, 0.15) is 22.5 Å². The van der Waals surface area contributed by atoms with Gasteiger partial charge >= 0.3 is 6.18 Å². The Morgan fingerprint density at radius 1 is 1.00 bits per heavy atom. The van der Waals surface area contributed by atoms with Crippen molar-refractivity contribution in [1.29, 1.82) is 0 Å². The van der Waals surface area contributed by atoms with Crippen LogP contribution < -0.4 is 5.73 Å². The second-order valence-electron chi connectivity index (χ2n) is 5.54. The fourth-order valence-electron chi connectivity index (χ4n) is 2.59. The van der Waals surface area contributed by atoms with Crippen molar-refractivity contribution < 1.29 is 13.2 Å². The number of hydrogen-bond donors (Lipinski definition) is 1. The highest BCUT2D eigenvalue weighted by molar-refractivity contribution is 5.40. The van der Waals surface area contributed by atoms with Gasteiger partial charge in [-0.25, -0.2) is 4.98 Å². The molecule has 0 saturated carbocycles. The first-order valence-electron chi connectivity index (χ1n) is 7.43. The van der Waals surface area contributed by atoms with Gasteiger partial charge < -0.3 is 10.3 Å². The van der Waals surface area contributed by atoms with E-state index in [0.29, 0.717) is 17.9 Å². The lowest BCUT2D eigenvalue weighted by Gasteiger charge is -2.14. The number of nitrogens with zero attached hydrogens (tertiary/aromatic N) is 2. The molecule has 0 aliphatic rings. The zero-order chi connectivity index (χ0) is 17.2. The number of nitrogens with two attached hydrogens (primary N) is 1. The van der Waals surface area contributed by atoms with E-state index < -0.39 is 11.7 Å². The normalized spacial score (nSPS) is 11.6. The summed E-state index contributed by atoms with van der Waals surface area (Å²) in [6, 6.07) is 13.0. The molecule has 2 N–H and O–H groups in total. The Morgan fingerprint density at radius 3 is 2.42 bits per heavy atom. The number of halogens is 3. The van der Waals surface area contributed by atoms with Gasteiger partial charge in [-0.2, -0.15) is 13.2 Å². The summed E-state index contributed by atoms with van der Waals surface area (Å²) in [5.41, 5.74) is 6.94. The lowest BCUT2D eigenvalue weighted by atomic mass is 10.1. The molecule has 1 heterocycles. The van der Waals surface area contributed by atoms with Gasteiger partial charge in [0.05, 0.1) is 5.56 Å². The monoisotopic (exact) mass is 331 g/mol.